The molecule has 5 nitrogen and oxygen atoms in total. The highest BCUT2D eigenvalue weighted by Crippen LogP contribution is 2.14. The van der Waals surface area contributed by atoms with Crippen molar-refractivity contribution in [3.63, 3.8) is 0 Å². The highest BCUT2D eigenvalue weighted by Gasteiger charge is 2.24. The van der Waals surface area contributed by atoms with Crippen molar-refractivity contribution in [2.24, 2.45) is 5.92 Å². The van der Waals surface area contributed by atoms with Gasteiger partial charge in [-0.15, -0.1) is 0 Å². The second kappa shape index (κ2) is 8.24. The average Bonchev–Trinajstić information content (AvgIpc) is 2.40. The topological polar surface area (TPSA) is 65.5 Å². The number of carbonyl (C=O) groups is 2. The van der Waals surface area contributed by atoms with Crippen LogP contribution < -0.4 is 0 Å². The fourth-order valence-corrected chi connectivity index (χ4v) is 1.69. The summed E-state index contributed by atoms with van der Waals surface area (Å²) in [5, 5.41) is 0. The number of pyridine rings is 1. The third-order valence-electron chi connectivity index (χ3n) is 2.52. The highest BCUT2D eigenvalue weighted by molar-refractivity contribution is 5.80. The summed E-state index contributed by atoms with van der Waals surface area (Å²) in [4.78, 5) is 27.5. The molecule has 5 heteroatoms. The molecule has 0 aliphatic carbocycles. The summed E-state index contributed by atoms with van der Waals surface area (Å²) >= 11 is 0. The van der Waals surface area contributed by atoms with Crippen LogP contribution in [0.5, 0.6) is 0 Å². The van der Waals surface area contributed by atoms with Gasteiger partial charge in [-0.05, 0) is 26.0 Å². The van der Waals surface area contributed by atoms with E-state index in [1.54, 1.807) is 26.1 Å². The van der Waals surface area contributed by atoms with Crippen LogP contribution in [-0.2, 0) is 25.5 Å². The molecule has 1 rings (SSSR count). The molecule has 0 aliphatic rings. The maximum Gasteiger partial charge on any atom is 0.309 e. The van der Waals surface area contributed by atoms with Gasteiger partial charge in [-0.3, -0.25) is 14.6 Å². The SMILES string of the molecule is CCOC(=O)CC(Cc1ccccn1)C(=O)OCC. The van der Waals surface area contributed by atoms with Crippen LogP contribution in [0.2, 0.25) is 0 Å². The van der Waals surface area contributed by atoms with E-state index in [-0.39, 0.29) is 12.4 Å². The Labute approximate surface area is 112 Å². The number of rotatable bonds is 7. The molecule has 0 N–H and O–H groups in total. The van der Waals surface area contributed by atoms with Gasteiger partial charge in [-0.2, -0.15) is 0 Å². The van der Waals surface area contributed by atoms with Crippen molar-refractivity contribution < 1.29 is 19.1 Å². The van der Waals surface area contributed by atoms with Crippen molar-refractivity contribution in [2.75, 3.05) is 13.2 Å². The number of hydrogen-bond acceptors (Lipinski definition) is 5. The zero-order chi connectivity index (χ0) is 14.1. The normalized spacial score (nSPS) is 11.7. The maximum atomic E-state index is 11.8. The number of hydrogen-bond donors (Lipinski definition) is 0. The lowest BCUT2D eigenvalue weighted by atomic mass is 9.99. The van der Waals surface area contributed by atoms with Gasteiger partial charge in [0, 0.05) is 18.3 Å². The van der Waals surface area contributed by atoms with Gasteiger partial charge < -0.3 is 9.47 Å². The number of aromatic nitrogens is 1. The van der Waals surface area contributed by atoms with Gasteiger partial charge in [0.15, 0.2) is 0 Å². The van der Waals surface area contributed by atoms with Crippen LogP contribution in [0.15, 0.2) is 24.4 Å². The molecule has 1 atom stereocenters. The molecule has 1 unspecified atom stereocenters. The molecule has 1 aromatic heterocycles. The zero-order valence-corrected chi connectivity index (χ0v) is 11.3. The summed E-state index contributed by atoms with van der Waals surface area (Å²) in [7, 11) is 0. The second-order valence-electron chi connectivity index (χ2n) is 3.98. The standard InChI is InChI=1S/C14H19NO4/c1-3-18-13(16)10-11(14(17)19-4-2)9-12-7-5-6-8-15-12/h5-8,11H,3-4,9-10H2,1-2H3. The molecule has 0 amide bonds. The quantitative estimate of drug-likeness (QED) is 0.703. The average molecular weight is 265 g/mol. The fraction of sp³-hybridized carbons (Fsp3) is 0.500. The first-order valence-corrected chi connectivity index (χ1v) is 6.39. The molecule has 1 aromatic rings. The van der Waals surface area contributed by atoms with Gasteiger partial charge in [0.2, 0.25) is 0 Å². The third-order valence-corrected chi connectivity index (χ3v) is 2.52. The minimum atomic E-state index is -0.547. The zero-order valence-electron chi connectivity index (χ0n) is 11.3. The Morgan fingerprint density at radius 3 is 2.53 bits per heavy atom. The lowest BCUT2D eigenvalue weighted by molar-refractivity contribution is -0.154. The van der Waals surface area contributed by atoms with Gasteiger partial charge in [0.25, 0.3) is 0 Å². The lowest BCUT2D eigenvalue weighted by Gasteiger charge is -2.14. The summed E-state index contributed by atoms with van der Waals surface area (Å²) in [5.74, 6) is -1.33. The minimum Gasteiger partial charge on any atom is -0.466 e. The molecule has 0 aliphatic heterocycles. The summed E-state index contributed by atoms with van der Waals surface area (Å²) in [6, 6.07) is 5.46. The van der Waals surface area contributed by atoms with Crippen molar-refractivity contribution in [1.29, 1.82) is 0 Å². The smallest absolute Gasteiger partial charge is 0.309 e. The predicted molar refractivity (Wildman–Crippen MR) is 69.3 cm³/mol. The largest absolute Gasteiger partial charge is 0.466 e. The van der Waals surface area contributed by atoms with Crippen LogP contribution in [0.1, 0.15) is 26.0 Å². The lowest BCUT2D eigenvalue weighted by Crippen LogP contribution is -2.24. The first-order valence-electron chi connectivity index (χ1n) is 6.39. The minimum absolute atomic E-state index is 0.0171. The van der Waals surface area contributed by atoms with Gasteiger partial charge in [0.1, 0.15) is 0 Å². The van der Waals surface area contributed by atoms with Crippen LogP contribution >= 0.6 is 0 Å². The Hall–Kier alpha value is -1.91. The highest BCUT2D eigenvalue weighted by atomic mass is 16.5. The van der Waals surface area contributed by atoms with E-state index in [0.717, 1.165) is 5.69 Å². The predicted octanol–water partition coefficient (Wildman–Crippen LogP) is 1.76. The first kappa shape index (κ1) is 15.1. The van der Waals surface area contributed by atoms with E-state index >= 15 is 0 Å². The molecular formula is C14H19NO4. The maximum absolute atomic E-state index is 11.8. The molecule has 0 radical (unpaired) electrons. The van der Waals surface area contributed by atoms with Crippen molar-refractivity contribution in [3.8, 4) is 0 Å². The van der Waals surface area contributed by atoms with Gasteiger partial charge in [0.05, 0.1) is 25.6 Å². The van der Waals surface area contributed by atoms with Crippen molar-refractivity contribution in [1.82, 2.24) is 4.98 Å². The second-order valence-corrected chi connectivity index (χ2v) is 3.98. The molecule has 0 bridgehead atoms. The number of carbonyl (C=O) groups excluding carboxylic acids is 2. The van der Waals surface area contributed by atoms with Crippen molar-refractivity contribution in [2.45, 2.75) is 26.7 Å². The molecular weight excluding hydrogens is 246 g/mol. The van der Waals surface area contributed by atoms with E-state index < -0.39 is 11.9 Å². The Morgan fingerprint density at radius 1 is 1.21 bits per heavy atom. The van der Waals surface area contributed by atoms with Gasteiger partial charge in [-0.25, -0.2) is 0 Å². The van der Waals surface area contributed by atoms with Crippen LogP contribution in [-0.4, -0.2) is 30.1 Å². The summed E-state index contributed by atoms with van der Waals surface area (Å²) in [6.45, 7) is 4.06. The molecule has 104 valence electrons. The Balaban J connectivity index is 2.69. The van der Waals surface area contributed by atoms with Crippen LogP contribution in [0.4, 0.5) is 0 Å². The van der Waals surface area contributed by atoms with E-state index in [1.807, 2.05) is 12.1 Å². The summed E-state index contributed by atoms with van der Waals surface area (Å²) in [5.41, 5.74) is 0.754. The molecule has 0 saturated heterocycles. The number of ether oxygens (including phenoxy) is 2. The van der Waals surface area contributed by atoms with Crippen molar-refractivity contribution >= 4 is 11.9 Å². The molecule has 0 saturated carbocycles. The Bertz CT molecular complexity index is 405. The number of nitrogens with zero attached hydrogens (tertiary/aromatic N) is 1. The van der Waals surface area contributed by atoms with E-state index in [1.165, 1.54) is 0 Å². The Kier molecular flexibility index (Phi) is 6.57. The van der Waals surface area contributed by atoms with E-state index in [2.05, 4.69) is 4.98 Å². The summed E-state index contributed by atoms with van der Waals surface area (Å²) in [6.07, 6.45) is 2.05. The molecule has 0 fully saturated rings. The Morgan fingerprint density at radius 2 is 1.95 bits per heavy atom. The van der Waals surface area contributed by atoms with E-state index in [9.17, 15) is 9.59 Å². The van der Waals surface area contributed by atoms with Gasteiger partial charge in [-0.1, -0.05) is 6.07 Å². The van der Waals surface area contributed by atoms with E-state index in [0.29, 0.717) is 19.6 Å². The van der Waals surface area contributed by atoms with Crippen LogP contribution in [0.25, 0.3) is 0 Å². The third kappa shape index (κ3) is 5.50. The first-order chi connectivity index (χ1) is 9.17. The molecule has 1 heterocycles. The van der Waals surface area contributed by atoms with E-state index in [4.69, 9.17) is 9.47 Å². The van der Waals surface area contributed by atoms with Crippen LogP contribution in [0.3, 0.4) is 0 Å². The van der Waals surface area contributed by atoms with Crippen molar-refractivity contribution in [3.05, 3.63) is 30.1 Å². The monoisotopic (exact) mass is 265 g/mol. The molecule has 0 spiro atoms. The summed E-state index contributed by atoms with van der Waals surface area (Å²) < 4.78 is 9.85. The van der Waals surface area contributed by atoms with Crippen LogP contribution in [0, 0.1) is 5.92 Å². The number of esters is 2. The fourth-order valence-electron chi connectivity index (χ4n) is 1.69. The van der Waals surface area contributed by atoms with Gasteiger partial charge >= 0.3 is 11.9 Å². The molecule has 0 aromatic carbocycles. The molecule has 19 heavy (non-hydrogen) atoms.